The van der Waals surface area contributed by atoms with E-state index in [1.807, 2.05) is 0 Å². The lowest BCUT2D eigenvalue weighted by Gasteiger charge is -2.23. The Hall–Kier alpha value is -1.33. The molecule has 1 fully saturated rings. The van der Waals surface area contributed by atoms with Gasteiger partial charge in [-0.15, -0.1) is 0 Å². The van der Waals surface area contributed by atoms with Crippen LogP contribution in [0.15, 0.2) is 18.2 Å². The maximum atomic E-state index is 13.2. The second-order valence-electron chi connectivity index (χ2n) is 4.14. The Kier molecular flexibility index (Phi) is 2.97. The molecular weight excluding hydrogens is 249 g/mol. The van der Waals surface area contributed by atoms with E-state index in [1.54, 1.807) is 0 Å². The van der Waals surface area contributed by atoms with Crippen molar-refractivity contribution in [3.63, 3.8) is 0 Å². The van der Waals surface area contributed by atoms with Gasteiger partial charge in [0.1, 0.15) is 11.4 Å². The van der Waals surface area contributed by atoms with Crippen LogP contribution in [0, 0.1) is 5.82 Å². The maximum Gasteiger partial charge on any atom is 0.407 e. The van der Waals surface area contributed by atoms with Gasteiger partial charge in [0.2, 0.25) is 0 Å². The highest BCUT2D eigenvalue weighted by Gasteiger charge is 2.40. The topological polar surface area (TPSA) is 60.8 Å². The Morgan fingerprint density at radius 3 is 2.71 bits per heavy atom. The smallest absolute Gasteiger partial charge is 0.407 e. The zero-order valence-electron chi connectivity index (χ0n) is 8.86. The minimum absolute atomic E-state index is 0.0673. The summed E-state index contributed by atoms with van der Waals surface area (Å²) in [4.78, 5) is 11.9. The lowest BCUT2D eigenvalue weighted by molar-refractivity contribution is 0.0456. The molecule has 1 unspecified atom stereocenters. The molecule has 1 aromatic rings. The van der Waals surface area contributed by atoms with Crippen LogP contribution in [0.25, 0.3) is 0 Å². The van der Waals surface area contributed by atoms with Gasteiger partial charge >= 0.3 is 6.09 Å². The number of β-amino-alcohol motifs (C(OH)–C–C–N with tert-alkyl or cyclic N) is 1. The van der Waals surface area contributed by atoms with Crippen molar-refractivity contribution in [2.75, 3.05) is 13.1 Å². The zero-order chi connectivity index (χ0) is 12.6. The van der Waals surface area contributed by atoms with Crippen LogP contribution in [-0.2, 0) is 5.60 Å². The summed E-state index contributed by atoms with van der Waals surface area (Å²) in [5, 5.41) is 19.3. The molecule has 1 saturated heterocycles. The molecule has 0 aliphatic carbocycles. The molecule has 1 aromatic carbocycles. The van der Waals surface area contributed by atoms with E-state index >= 15 is 0 Å². The van der Waals surface area contributed by atoms with E-state index in [2.05, 4.69) is 0 Å². The van der Waals surface area contributed by atoms with Crippen LogP contribution in [0.1, 0.15) is 12.0 Å². The first kappa shape index (κ1) is 12.1. The van der Waals surface area contributed by atoms with Gasteiger partial charge in [-0.3, -0.25) is 0 Å². The lowest BCUT2D eigenvalue weighted by Crippen LogP contribution is -2.33. The summed E-state index contributed by atoms with van der Waals surface area (Å²) in [6.45, 7) is 0.155. The quantitative estimate of drug-likeness (QED) is 0.811. The number of hydrogen-bond donors (Lipinski definition) is 2. The average Bonchev–Trinajstić information content (AvgIpc) is 2.61. The zero-order valence-corrected chi connectivity index (χ0v) is 9.62. The second-order valence-corrected chi connectivity index (χ2v) is 4.58. The number of carboxylic acid groups (broad SMARTS) is 1. The molecule has 0 saturated carbocycles. The van der Waals surface area contributed by atoms with Gasteiger partial charge in [0.05, 0.1) is 6.54 Å². The first-order chi connectivity index (χ1) is 7.90. The molecule has 1 heterocycles. The number of hydrogen-bond acceptors (Lipinski definition) is 2. The molecule has 0 radical (unpaired) electrons. The summed E-state index contributed by atoms with van der Waals surface area (Å²) in [5.74, 6) is -0.547. The number of rotatable bonds is 1. The monoisotopic (exact) mass is 259 g/mol. The minimum atomic E-state index is -1.36. The van der Waals surface area contributed by atoms with Crippen LogP contribution in [0.2, 0.25) is 5.02 Å². The van der Waals surface area contributed by atoms with Gasteiger partial charge in [-0.1, -0.05) is 11.6 Å². The highest BCUT2D eigenvalue weighted by Crippen LogP contribution is 2.33. The summed E-state index contributed by atoms with van der Waals surface area (Å²) in [6, 6.07) is 3.77. The Bertz CT molecular complexity index is 448. The van der Waals surface area contributed by atoms with Gasteiger partial charge in [-0.05, 0) is 30.2 Å². The van der Waals surface area contributed by atoms with E-state index in [4.69, 9.17) is 16.7 Å². The van der Waals surface area contributed by atoms with Crippen molar-refractivity contribution in [3.05, 3.63) is 34.6 Å². The van der Waals surface area contributed by atoms with Crippen molar-refractivity contribution in [1.29, 1.82) is 0 Å². The molecule has 17 heavy (non-hydrogen) atoms. The van der Waals surface area contributed by atoms with Crippen LogP contribution in [0.4, 0.5) is 9.18 Å². The summed E-state index contributed by atoms with van der Waals surface area (Å²) >= 11 is 5.71. The third-order valence-electron chi connectivity index (χ3n) is 2.92. The summed E-state index contributed by atoms with van der Waals surface area (Å²) < 4.78 is 13.2. The summed E-state index contributed by atoms with van der Waals surface area (Å²) in [7, 11) is 0. The van der Waals surface area contributed by atoms with Crippen LogP contribution in [0.3, 0.4) is 0 Å². The van der Waals surface area contributed by atoms with E-state index < -0.39 is 17.5 Å². The Morgan fingerprint density at radius 1 is 1.47 bits per heavy atom. The predicted molar refractivity (Wildman–Crippen MR) is 59.5 cm³/mol. The van der Waals surface area contributed by atoms with E-state index in [0.29, 0.717) is 5.56 Å². The number of halogens is 2. The fraction of sp³-hybridized carbons (Fsp3) is 0.364. The highest BCUT2D eigenvalue weighted by molar-refractivity contribution is 6.30. The van der Waals surface area contributed by atoms with Crippen molar-refractivity contribution >= 4 is 17.7 Å². The van der Waals surface area contributed by atoms with E-state index in [1.165, 1.54) is 12.1 Å². The molecule has 2 rings (SSSR count). The third-order valence-corrected chi connectivity index (χ3v) is 3.14. The maximum absolute atomic E-state index is 13.2. The number of nitrogens with zero attached hydrogens (tertiary/aromatic N) is 1. The van der Waals surface area contributed by atoms with Gasteiger partial charge in [-0.2, -0.15) is 0 Å². The molecule has 1 aliphatic heterocycles. The largest absolute Gasteiger partial charge is 0.465 e. The number of amides is 1. The molecule has 1 aliphatic rings. The van der Waals surface area contributed by atoms with Crippen molar-refractivity contribution in [2.24, 2.45) is 0 Å². The highest BCUT2D eigenvalue weighted by atomic mass is 35.5. The van der Waals surface area contributed by atoms with E-state index in [9.17, 15) is 14.3 Å². The van der Waals surface area contributed by atoms with Crippen molar-refractivity contribution in [2.45, 2.75) is 12.0 Å². The number of aliphatic hydroxyl groups is 1. The van der Waals surface area contributed by atoms with Gasteiger partial charge in [0.15, 0.2) is 0 Å². The number of benzene rings is 1. The van der Waals surface area contributed by atoms with Crippen molar-refractivity contribution in [3.8, 4) is 0 Å². The summed E-state index contributed by atoms with van der Waals surface area (Å²) in [6.07, 6.45) is -0.859. The van der Waals surface area contributed by atoms with E-state index in [0.717, 1.165) is 11.0 Å². The van der Waals surface area contributed by atoms with Crippen LogP contribution >= 0.6 is 11.6 Å². The molecule has 6 heteroatoms. The predicted octanol–water partition coefficient (Wildman–Crippen LogP) is 2.05. The van der Waals surface area contributed by atoms with Gasteiger partial charge in [0.25, 0.3) is 0 Å². The van der Waals surface area contributed by atoms with Crippen molar-refractivity contribution in [1.82, 2.24) is 4.90 Å². The first-order valence-electron chi connectivity index (χ1n) is 5.07. The minimum Gasteiger partial charge on any atom is -0.465 e. The molecule has 1 atom stereocenters. The molecule has 4 nitrogen and oxygen atoms in total. The standard InChI is InChI=1S/C11H11ClFNO3/c12-8-3-7(4-9(13)5-8)11(17)1-2-14(6-11)10(15)16/h3-5,17H,1-2,6H2,(H,15,16). The lowest BCUT2D eigenvalue weighted by atomic mass is 9.93. The molecule has 92 valence electrons. The Labute approximate surface area is 102 Å². The summed E-state index contributed by atoms with van der Waals surface area (Å²) in [5.41, 5.74) is -1.05. The molecule has 2 N–H and O–H groups in total. The van der Waals surface area contributed by atoms with E-state index in [-0.39, 0.29) is 24.5 Å². The normalized spacial score (nSPS) is 24.1. The van der Waals surface area contributed by atoms with Crippen molar-refractivity contribution < 1.29 is 19.4 Å². The SMILES string of the molecule is O=C(O)N1CCC(O)(c2cc(F)cc(Cl)c2)C1. The number of likely N-dealkylation sites (tertiary alicyclic amines) is 1. The average molecular weight is 260 g/mol. The van der Waals surface area contributed by atoms with Crippen LogP contribution in [0.5, 0.6) is 0 Å². The van der Waals surface area contributed by atoms with Gasteiger partial charge in [-0.25, -0.2) is 9.18 Å². The molecule has 1 amide bonds. The second kappa shape index (κ2) is 4.16. The van der Waals surface area contributed by atoms with Gasteiger partial charge in [0, 0.05) is 11.6 Å². The van der Waals surface area contributed by atoms with Gasteiger partial charge < -0.3 is 15.1 Å². The fourth-order valence-corrected chi connectivity index (χ4v) is 2.24. The fourth-order valence-electron chi connectivity index (χ4n) is 2.02. The Morgan fingerprint density at radius 2 is 2.18 bits per heavy atom. The number of carbonyl (C=O) groups is 1. The third kappa shape index (κ3) is 2.35. The molecule has 0 spiro atoms. The molecule has 0 bridgehead atoms. The van der Waals surface area contributed by atoms with Crippen LogP contribution in [-0.4, -0.2) is 34.3 Å². The molecule has 0 aromatic heterocycles. The molecular formula is C11H11ClFNO3. The Balaban J connectivity index is 2.30. The first-order valence-corrected chi connectivity index (χ1v) is 5.45. The van der Waals surface area contributed by atoms with Crippen LogP contribution < -0.4 is 0 Å².